The molecule has 1 aliphatic heterocycles. The number of hydrogen-bond acceptors (Lipinski definition) is 4. The Labute approximate surface area is 83.6 Å². The molecule has 82 valence electrons. The van der Waals surface area contributed by atoms with Gasteiger partial charge in [-0.3, -0.25) is 4.79 Å². The molecule has 0 aromatic carbocycles. The van der Waals surface area contributed by atoms with Gasteiger partial charge in [-0.2, -0.15) is 0 Å². The summed E-state index contributed by atoms with van der Waals surface area (Å²) < 4.78 is 5.05. The number of amides is 1. The van der Waals surface area contributed by atoms with Gasteiger partial charge in [0.2, 0.25) is 5.91 Å². The predicted octanol–water partition coefficient (Wildman–Crippen LogP) is -1.01. The first kappa shape index (κ1) is 11.4. The third-order valence-corrected chi connectivity index (χ3v) is 2.20. The van der Waals surface area contributed by atoms with Crippen LogP contribution >= 0.6 is 0 Å². The van der Waals surface area contributed by atoms with Gasteiger partial charge in [0.25, 0.3) is 0 Å². The van der Waals surface area contributed by atoms with Crippen molar-refractivity contribution in [2.45, 2.75) is 31.4 Å². The molecule has 5 nitrogen and oxygen atoms in total. The van der Waals surface area contributed by atoms with Gasteiger partial charge < -0.3 is 20.9 Å². The van der Waals surface area contributed by atoms with Crippen LogP contribution in [-0.2, 0) is 9.53 Å². The standard InChI is InChI=1S/C9H18N2O3/c1-7(10)4-8(12)11-5-9(13)2-3-14-6-9/h7,13H,2-6,10H2,1H3,(H,11,12). The predicted molar refractivity (Wildman–Crippen MR) is 51.7 cm³/mol. The Bertz CT molecular complexity index is 200. The van der Waals surface area contributed by atoms with Crippen molar-refractivity contribution >= 4 is 5.91 Å². The average Bonchev–Trinajstić information content (AvgIpc) is 2.49. The van der Waals surface area contributed by atoms with Crippen molar-refractivity contribution in [2.75, 3.05) is 19.8 Å². The van der Waals surface area contributed by atoms with E-state index in [2.05, 4.69) is 5.32 Å². The second-order valence-corrected chi connectivity index (χ2v) is 3.99. The number of carbonyl (C=O) groups excluding carboxylic acids is 1. The Hall–Kier alpha value is -0.650. The van der Waals surface area contributed by atoms with Gasteiger partial charge in [0.05, 0.1) is 6.61 Å². The molecular formula is C9H18N2O3. The topological polar surface area (TPSA) is 84.6 Å². The Morgan fingerprint density at radius 2 is 2.50 bits per heavy atom. The number of nitrogens with one attached hydrogen (secondary N) is 1. The molecule has 1 fully saturated rings. The normalized spacial score (nSPS) is 28.8. The minimum atomic E-state index is -0.881. The highest BCUT2D eigenvalue weighted by atomic mass is 16.5. The van der Waals surface area contributed by atoms with Crippen LogP contribution in [0.5, 0.6) is 0 Å². The van der Waals surface area contributed by atoms with Crippen molar-refractivity contribution in [1.29, 1.82) is 0 Å². The summed E-state index contributed by atoms with van der Waals surface area (Å²) in [4.78, 5) is 11.2. The third kappa shape index (κ3) is 3.61. The molecule has 2 atom stereocenters. The van der Waals surface area contributed by atoms with Gasteiger partial charge in [-0.1, -0.05) is 0 Å². The van der Waals surface area contributed by atoms with E-state index in [0.717, 1.165) is 0 Å². The van der Waals surface area contributed by atoms with Crippen molar-refractivity contribution in [3.05, 3.63) is 0 Å². The number of nitrogens with two attached hydrogens (primary N) is 1. The molecule has 14 heavy (non-hydrogen) atoms. The van der Waals surface area contributed by atoms with Gasteiger partial charge in [0.1, 0.15) is 5.60 Å². The zero-order valence-electron chi connectivity index (χ0n) is 8.45. The van der Waals surface area contributed by atoms with E-state index in [1.165, 1.54) is 0 Å². The molecule has 4 N–H and O–H groups in total. The van der Waals surface area contributed by atoms with Crippen LogP contribution in [0.3, 0.4) is 0 Å². The van der Waals surface area contributed by atoms with E-state index in [0.29, 0.717) is 19.6 Å². The van der Waals surface area contributed by atoms with Crippen LogP contribution in [0.2, 0.25) is 0 Å². The second kappa shape index (κ2) is 4.72. The maximum atomic E-state index is 11.2. The fourth-order valence-corrected chi connectivity index (χ4v) is 1.36. The Balaban J connectivity index is 2.22. The van der Waals surface area contributed by atoms with Crippen LogP contribution in [0, 0.1) is 0 Å². The third-order valence-electron chi connectivity index (χ3n) is 2.20. The van der Waals surface area contributed by atoms with E-state index in [1.54, 1.807) is 6.92 Å². The number of hydrogen-bond donors (Lipinski definition) is 3. The summed E-state index contributed by atoms with van der Waals surface area (Å²) in [5, 5.41) is 12.5. The molecule has 1 amide bonds. The molecule has 1 saturated heterocycles. The number of ether oxygens (including phenoxy) is 1. The second-order valence-electron chi connectivity index (χ2n) is 3.99. The molecule has 1 aliphatic rings. The summed E-state index contributed by atoms with van der Waals surface area (Å²) >= 11 is 0. The zero-order valence-corrected chi connectivity index (χ0v) is 8.45. The highest BCUT2D eigenvalue weighted by molar-refractivity contribution is 5.76. The summed E-state index contributed by atoms with van der Waals surface area (Å²) in [7, 11) is 0. The zero-order chi connectivity index (χ0) is 10.6. The summed E-state index contributed by atoms with van der Waals surface area (Å²) in [5.41, 5.74) is 4.58. The maximum absolute atomic E-state index is 11.2. The van der Waals surface area contributed by atoms with Gasteiger partial charge in [0, 0.05) is 32.0 Å². The molecule has 0 saturated carbocycles. The average molecular weight is 202 g/mol. The fraction of sp³-hybridized carbons (Fsp3) is 0.889. The van der Waals surface area contributed by atoms with Crippen LogP contribution in [0.4, 0.5) is 0 Å². The van der Waals surface area contributed by atoms with Crippen molar-refractivity contribution in [3.8, 4) is 0 Å². The van der Waals surface area contributed by atoms with E-state index in [4.69, 9.17) is 10.5 Å². The summed E-state index contributed by atoms with van der Waals surface area (Å²) in [6, 6.07) is -0.149. The van der Waals surface area contributed by atoms with Gasteiger partial charge >= 0.3 is 0 Å². The summed E-state index contributed by atoms with van der Waals surface area (Å²) in [6.45, 7) is 2.87. The van der Waals surface area contributed by atoms with Crippen LogP contribution < -0.4 is 11.1 Å². The largest absolute Gasteiger partial charge is 0.386 e. The van der Waals surface area contributed by atoms with Crippen molar-refractivity contribution < 1.29 is 14.6 Å². The van der Waals surface area contributed by atoms with Gasteiger partial charge in [-0.25, -0.2) is 0 Å². The molecule has 1 heterocycles. The Kier molecular flexibility index (Phi) is 3.86. The molecule has 0 spiro atoms. The SMILES string of the molecule is CC(N)CC(=O)NCC1(O)CCOC1. The molecule has 0 radical (unpaired) electrons. The Morgan fingerprint density at radius 1 is 1.79 bits per heavy atom. The molecule has 5 heteroatoms. The lowest BCUT2D eigenvalue weighted by molar-refractivity contribution is -0.122. The first-order chi connectivity index (χ1) is 6.52. The molecule has 0 aromatic heterocycles. The van der Waals surface area contributed by atoms with Crippen molar-refractivity contribution in [3.63, 3.8) is 0 Å². The van der Waals surface area contributed by atoms with E-state index in [1.807, 2.05) is 0 Å². The first-order valence-corrected chi connectivity index (χ1v) is 4.84. The minimum Gasteiger partial charge on any atom is -0.386 e. The lowest BCUT2D eigenvalue weighted by Gasteiger charge is -2.20. The maximum Gasteiger partial charge on any atom is 0.221 e. The van der Waals surface area contributed by atoms with Gasteiger partial charge in [-0.15, -0.1) is 0 Å². The summed E-state index contributed by atoms with van der Waals surface area (Å²) in [5.74, 6) is -0.125. The molecule has 0 aromatic rings. The molecule has 1 rings (SSSR count). The number of aliphatic hydroxyl groups is 1. The van der Waals surface area contributed by atoms with E-state index >= 15 is 0 Å². The van der Waals surface area contributed by atoms with Crippen LogP contribution in [0.15, 0.2) is 0 Å². The lowest BCUT2D eigenvalue weighted by Crippen LogP contribution is -2.44. The highest BCUT2D eigenvalue weighted by Gasteiger charge is 2.32. The van der Waals surface area contributed by atoms with Crippen molar-refractivity contribution in [1.82, 2.24) is 5.32 Å². The fourth-order valence-electron chi connectivity index (χ4n) is 1.36. The number of rotatable bonds is 4. The monoisotopic (exact) mass is 202 g/mol. The summed E-state index contributed by atoms with van der Waals surface area (Å²) in [6.07, 6.45) is 0.863. The number of carbonyl (C=O) groups is 1. The Morgan fingerprint density at radius 3 is 3.00 bits per heavy atom. The van der Waals surface area contributed by atoms with Crippen molar-refractivity contribution in [2.24, 2.45) is 5.73 Å². The van der Waals surface area contributed by atoms with Crippen LogP contribution in [0.25, 0.3) is 0 Å². The molecular weight excluding hydrogens is 184 g/mol. The molecule has 0 bridgehead atoms. The van der Waals surface area contributed by atoms with Crippen LogP contribution in [-0.4, -0.2) is 42.4 Å². The minimum absolute atomic E-state index is 0.125. The van der Waals surface area contributed by atoms with Crippen LogP contribution in [0.1, 0.15) is 19.8 Å². The smallest absolute Gasteiger partial charge is 0.221 e. The molecule has 0 aliphatic carbocycles. The van der Waals surface area contributed by atoms with E-state index in [-0.39, 0.29) is 24.9 Å². The molecule has 2 unspecified atom stereocenters. The first-order valence-electron chi connectivity index (χ1n) is 4.84. The highest BCUT2D eigenvalue weighted by Crippen LogP contribution is 2.16. The quantitative estimate of drug-likeness (QED) is 0.545. The van der Waals surface area contributed by atoms with E-state index in [9.17, 15) is 9.90 Å². The van der Waals surface area contributed by atoms with Gasteiger partial charge in [0.15, 0.2) is 0 Å². The lowest BCUT2D eigenvalue weighted by atomic mass is 10.0. The van der Waals surface area contributed by atoms with E-state index < -0.39 is 5.60 Å². The van der Waals surface area contributed by atoms with Gasteiger partial charge in [-0.05, 0) is 6.92 Å².